The van der Waals surface area contributed by atoms with Gasteiger partial charge in [-0.2, -0.15) is 22.0 Å². The third-order valence-electron chi connectivity index (χ3n) is 2.13. The van der Waals surface area contributed by atoms with Gasteiger partial charge in [0.1, 0.15) is 0 Å². The Morgan fingerprint density at radius 1 is 1.16 bits per heavy atom. The van der Waals surface area contributed by atoms with E-state index in [1.807, 2.05) is 0 Å². The summed E-state index contributed by atoms with van der Waals surface area (Å²) in [5, 5.41) is 0. The molecule has 0 fully saturated rings. The van der Waals surface area contributed by atoms with E-state index in [0.29, 0.717) is 13.8 Å². The van der Waals surface area contributed by atoms with Crippen molar-refractivity contribution >= 4 is 5.97 Å². The van der Waals surface area contributed by atoms with E-state index in [4.69, 9.17) is 0 Å². The van der Waals surface area contributed by atoms with Crippen LogP contribution in [-0.4, -0.2) is 30.1 Å². The van der Waals surface area contributed by atoms with Gasteiger partial charge in [0.15, 0.2) is 5.60 Å². The fourth-order valence-electron chi connectivity index (χ4n) is 0.949. The number of alkyl halides is 7. The standard InChI is InChI=1S/C10H11F7O2/c1-5(4-9(13,14)15)6(18)19-8(2,3)10(16,17)7(11)12/h7H,1,4H2,2-3H3. The molecule has 0 radical (unpaired) electrons. The van der Waals surface area contributed by atoms with E-state index in [2.05, 4.69) is 11.3 Å². The van der Waals surface area contributed by atoms with E-state index in [-0.39, 0.29) is 0 Å². The molecule has 112 valence electrons. The minimum Gasteiger partial charge on any atom is -0.450 e. The van der Waals surface area contributed by atoms with Gasteiger partial charge >= 0.3 is 24.5 Å². The van der Waals surface area contributed by atoms with Crippen LogP contribution in [0.4, 0.5) is 30.7 Å². The van der Waals surface area contributed by atoms with Crippen LogP contribution in [-0.2, 0) is 9.53 Å². The molecule has 0 saturated carbocycles. The monoisotopic (exact) mass is 296 g/mol. The Hall–Kier alpha value is -1.28. The molecule has 19 heavy (non-hydrogen) atoms. The molecule has 0 aromatic heterocycles. The first-order valence-electron chi connectivity index (χ1n) is 4.84. The maximum absolute atomic E-state index is 13.0. The number of carbonyl (C=O) groups excluding carboxylic acids is 1. The first-order valence-corrected chi connectivity index (χ1v) is 4.84. The molecular formula is C10H11F7O2. The normalized spacial score (nSPS) is 13.6. The van der Waals surface area contributed by atoms with Crippen molar-refractivity contribution in [2.45, 2.75) is 44.4 Å². The Morgan fingerprint density at radius 2 is 1.58 bits per heavy atom. The molecule has 0 aromatic carbocycles. The Balaban J connectivity index is 4.86. The molecule has 0 unspecified atom stereocenters. The van der Waals surface area contributed by atoms with Gasteiger partial charge in [-0.15, -0.1) is 0 Å². The summed E-state index contributed by atoms with van der Waals surface area (Å²) in [5.74, 6) is -6.51. The van der Waals surface area contributed by atoms with Gasteiger partial charge in [0.2, 0.25) is 0 Å². The smallest absolute Gasteiger partial charge is 0.393 e. The number of hydrogen-bond donors (Lipinski definition) is 0. The molecule has 0 aliphatic heterocycles. The van der Waals surface area contributed by atoms with Crippen molar-refractivity contribution in [3.8, 4) is 0 Å². The van der Waals surface area contributed by atoms with Crippen molar-refractivity contribution in [2.24, 2.45) is 0 Å². The van der Waals surface area contributed by atoms with Crippen molar-refractivity contribution in [1.29, 1.82) is 0 Å². The molecule has 9 heteroatoms. The van der Waals surface area contributed by atoms with E-state index in [1.54, 1.807) is 0 Å². The summed E-state index contributed by atoms with van der Waals surface area (Å²) >= 11 is 0. The van der Waals surface area contributed by atoms with E-state index in [0.717, 1.165) is 0 Å². The fraction of sp³-hybridized carbons (Fsp3) is 0.700. The summed E-state index contributed by atoms with van der Waals surface area (Å²) in [7, 11) is 0. The van der Waals surface area contributed by atoms with Crippen LogP contribution in [0.3, 0.4) is 0 Å². The van der Waals surface area contributed by atoms with Gasteiger partial charge in [-0.3, -0.25) is 0 Å². The van der Waals surface area contributed by atoms with Crippen LogP contribution < -0.4 is 0 Å². The van der Waals surface area contributed by atoms with Crippen molar-refractivity contribution < 1.29 is 40.3 Å². The molecule has 0 bridgehead atoms. The Labute approximate surface area is 104 Å². The zero-order valence-electron chi connectivity index (χ0n) is 9.95. The predicted octanol–water partition coefficient (Wildman–Crippen LogP) is 3.72. The zero-order chi connectivity index (χ0) is 15.6. The lowest BCUT2D eigenvalue weighted by Crippen LogP contribution is -2.51. The number of halogens is 7. The maximum atomic E-state index is 13.0. The third-order valence-corrected chi connectivity index (χ3v) is 2.13. The molecule has 0 N–H and O–H groups in total. The highest BCUT2D eigenvalue weighted by Gasteiger charge is 2.57. The summed E-state index contributed by atoms with van der Waals surface area (Å²) in [6.07, 6.45) is -10.7. The number of hydrogen-bond acceptors (Lipinski definition) is 2. The Morgan fingerprint density at radius 3 is 1.89 bits per heavy atom. The second kappa shape index (κ2) is 5.38. The van der Waals surface area contributed by atoms with E-state index >= 15 is 0 Å². The average Bonchev–Trinajstić information content (AvgIpc) is 2.13. The van der Waals surface area contributed by atoms with E-state index in [9.17, 15) is 35.5 Å². The average molecular weight is 296 g/mol. The quantitative estimate of drug-likeness (QED) is 0.439. The number of esters is 1. The molecule has 0 spiro atoms. The fourth-order valence-corrected chi connectivity index (χ4v) is 0.949. The van der Waals surface area contributed by atoms with Crippen LogP contribution in [0, 0.1) is 0 Å². The van der Waals surface area contributed by atoms with Gasteiger partial charge in [-0.25, -0.2) is 13.6 Å². The van der Waals surface area contributed by atoms with Crippen LogP contribution in [0.5, 0.6) is 0 Å². The highest BCUT2D eigenvalue weighted by Crippen LogP contribution is 2.38. The first kappa shape index (κ1) is 17.7. The summed E-state index contributed by atoms with van der Waals surface area (Å²) in [6.45, 7) is 3.66. The van der Waals surface area contributed by atoms with Gasteiger partial charge in [-0.1, -0.05) is 6.58 Å². The summed E-state index contributed by atoms with van der Waals surface area (Å²) in [5.41, 5.74) is -4.11. The van der Waals surface area contributed by atoms with Gasteiger partial charge in [0.25, 0.3) is 0 Å². The SMILES string of the molecule is C=C(CC(F)(F)F)C(=O)OC(C)(C)C(F)(F)C(F)F. The lowest BCUT2D eigenvalue weighted by Gasteiger charge is -2.33. The Bertz CT molecular complexity index is 357. The first-order chi connectivity index (χ1) is 8.21. The van der Waals surface area contributed by atoms with Crippen LogP contribution in [0.1, 0.15) is 20.3 Å². The zero-order valence-corrected chi connectivity index (χ0v) is 9.95. The summed E-state index contributed by atoms with van der Waals surface area (Å²) in [4.78, 5) is 11.1. The molecule has 0 saturated heterocycles. The lowest BCUT2D eigenvalue weighted by atomic mass is 10.0. The topological polar surface area (TPSA) is 26.3 Å². The van der Waals surface area contributed by atoms with Crippen LogP contribution in [0.2, 0.25) is 0 Å². The minimum absolute atomic E-state index is 0.470. The van der Waals surface area contributed by atoms with Crippen molar-refractivity contribution in [3.63, 3.8) is 0 Å². The molecule has 2 nitrogen and oxygen atoms in total. The Kier molecular flexibility index (Phi) is 5.01. The summed E-state index contributed by atoms with van der Waals surface area (Å²) in [6, 6.07) is 0. The summed E-state index contributed by atoms with van der Waals surface area (Å²) < 4.78 is 90.0. The van der Waals surface area contributed by atoms with Crippen molar-refractivity contribution in [1.82, 2.24) is 0 Å². The third kappa shape index (κ3) is 4.71. The highest BCUT2D eigenvalue weighted by molar-refractivity contribution is 5.88. The molecule has 0 atom stereocenters. The number of ether oxygens (including phenoxy) is 1. The van der Waals surface area contributed by atoms with Gasteiger partial charge in [0.05, 0.1) is 6.42 Å². The molecule has 0 aliphatic carbocycles. The molecular weight excluding hydrogens is 285 g/mol. The van der Waals surface area contributed by atoms with Crippen LogP contribution in [0.15, 0.2) is 12.2 Å². The largest absolute Gasteiger partial charge is 0.450 e. The van der Waals surface area contributed by atoms with Crippen molar-refractivity contribution in [3.05, 3.63) is 12.2 Å². The van der Waals surface area contributed by atoms with E-state index < -0.39 is 42.1 Å². The number of rotatable bonds is 5. The molecule has 0 aliphatic rings. The molecule has 0 aromatic rings. The van der Waals surface area contributed by atoms with Gasteiger partial charge < -0.3 is 4.74 Å². The lowest BCUT2D eigenvalue weighted by molar-refractivity contribution is -0.241. The van der Waals surface area contributed by atoms with Gasteiger partial charge in [-0.05, 0) is 13.8 Å². The van der Waals surface area contributed by atoms with Crippen LogP contribution in [0.25, 0.3) is 0 Å². The predicted molar refractivity (Wildman–Crippen MR) is 50.9 cm³/mol. The molecule has 0 rings (SSSR count). The molecule has 0 heterocycles. The second-order valence-corrected chi connectivity index (χ2v) is 4.22. The van der Waals surface area contributed by atoms with E-state index in [1.165, 1.54) is 0 Å². The maximum Gasteiger partial charge on any atom is 0.393 e. The highest BCUT2D eigenvalue weighted by atomic mass is 19.4. The van der Waals surface area contributed by atoms with Crippen molar-refractivity contribution in [2.75, 3.05) is 0 Å². The minimum atomic E-state index is -4.79. The second-order valence-electron chi connectivity index (χ2n) is 4.22. The molecule has 0 amide bonds. The number of carbonyl (C=O) groups is 1. The van der Waals surface area contributed by atoms with Crippen LogP contribution >= 0.6 is 0 Å². The van der Waals surface area contributed by atoms with Gasteiger partial charge in [0, 0.05) is 5.57 Å².